The number of rotatable bonds is 5. The molecule has 3 aliphatic carbocycles. The fourth-order valence-corrected chi connectivity index (χ4v) is 4.68. The summed E-state index contributed by atoms with van der Waals surface area (Å²) in [7, 11) is 1.88. The Morgan fingerprint density at radius 3 is 2.77 bits per heavy atom. The first-order valence-corrected chi connectivity index (χ1v) is 8.90. The molecule has 3 aliphatic rings. The van der Waals surface area contributed by atoms with Crippen LogP contribution < -0.4 is 0 Å². The Morgan fingerprint density at radius 2 is 2.08 bits per heavy atom. The summed E-state index contributed by atoms with van der Waals surface area (Å²) in [6.07, 6.45) is 8.37. The number of hydrogen-bond acceptors (Lipinski definition) is 5. The van der Waals surface area contributed by atoms with Gasteiger partial charge in [0.25, 0.3) is 0 Å². The number of aliphatic hydroxyl groups excluding tert-OH is 1. The maximum Gasteiger partial charge on any atom is 0.145 e. The lowest BCUT2D eigenvalue weighted by Crippen LogP contribution is -2.67. The lowest BCUT2D eigenvalue weighted by molar-refractivity contribution is -0.218. The molecule has 132 valence electrons. The summed E-state index contributed by atoms with van der Waals surface area (Å²) in [6.45, 7) is 0.206. The Balaban J connectivity index is 1.40. The number of fused-ring (bicyclic) bond motifs is 1. The molecular weight excluding hydrogens is 328 g/mol. The normalized spacial score (nSPS) is 26.4. The number of aromatic nitrogens is 4. The molecule has 6 rings (SSSR count). The third-order valence-corrected chi connectivity index (χ3v) is 6.04. The number of aliphatic hydroxyl groups is 1. The average Bonchev–Trinajstić information content (AvgIpc) is 2.99. The molecular formula is C20H20N4O2. The van der Waals surface area contributed by atoms with Crippen molar-refractivity contribution >= 4 is 16.7 Å². The van der Waals surface area contributed by atoms with Crippen LogP contribution in [0.15, 0.2) is 36.8 Å². The maximum atomic E-state index is 12.7. The van der Waals surface area contributed by atoms with Gasteiger partial charge in [0.1, 0.15) is 5.78 Å². The highest BCUT2D eigenvalue weighted by atomic mass is 16.3. The van der Waals surface area contributed by atoms with Crippen LogP contribution in [0.2, 0.25) is 0 Å². The first-order valence-electron chi connectivity index (χ1n) is 8.90. The molecule has 0 radical (unpaired) electrons. The molecule has 6 nitrogen and oxygen atoms in total. The van der Waals surface area contributed by atoms with Gasteiger partial charge in [-0.2, -0.15) is 5.10 Å². The number of hydrogen-bond donors (Lipinski definition) is 1. The summed E-state index contributed by atoms with van der Waals surface area (Å²) in [5.41, 5.74) is 3.29. The zero-order valence-electron chi connectivity index (χ0n) is 14.6. The summed E-state index contributed by atoms with van der Waals surface area (Å²) >= 11 is 0. The predicted molar refractivity (Wildman–Crippen MR) is 96.3 cm³/mol. The highest BCUT2D eigenvalue weighted by Gasteiger charge is 2.70. The van der Waals surface area contributed by atoms with E-state index in [0.29, 0.717) is 6.42 Å². The molecule has 0 atom stereocenters. The Hall–Kier alpha value is -2.60. The highest BCUT2D eigenvalue weighted by Crippen LogP contribution is 2.73. The lowest BCUT2D eigenvalue weighted by Gasteiger charge is -2.69. The number of pyridine rings is 2. The van der Waals surface area contributed by atoms with Gasteiger partial charge in [0.2, 0.25) is 0 Å². The van der Waals surface area contributed by atoms with E-state index in [9.17, 15) is 9.90 Å². The van der Waals surface area contributed by atoms with Gasteiger partial charge in [-0.05, 0) is 42.9 Å². The van der Waals surface area contributed by atoms with E-state index in [1.54, 1.807) is 17.1 Å². The second-order valence-electron chi connectivity index (χ2n) is 8.04. The Morgan fingerprint density at radius 1 is 1.27 bits per heavy atom. The van der Waals surface area contributed by atoms with Gasteiger partial charge in [0, 0.05) is 54.5 Å². The summed E-state index contributed by atoms with van der Waals surface area (Å²) in [5, 5.41) is 14.5. The average molecular weight is 348 g/mol. The third kappa shape index (κ3) is 2.22. The minimum atomic E-state index is -0.190. The van der Waals surface area contributed by atoms with Crippen molar-refractivity contribution in [1.82, 2.24) is 19.7 Å². The molecule has 3 saturated carbocycles. The van der Waals surface area contributed by atoms with Gasteiger partial charge in [0.15, 0.2) is 0 Å². The van der Waals surface area contributed by atoms with Gasteiger partial charge in [-0.25, -0.2) is 4.98 Å². The van der Waals surface area contributed by atoms with Crippen molar-refractivity contribution < 1.29 is 9.90 Å². The number of carbonyl (C=O) groups is 1. The molecule has 0 aromatic carbocycles. The summed E-state index contributed by atoms with van der Waals surface area (Å²) in [6, 6.07) is 5.87. The zero-order chi connectivity index (χ0) is 17.9. The van der Waals surface area contributed by atoms with Crippen LogP contribution in [0.5, 0.6) is 0 Å². The smallest absolute Gasteiger partial charge is 0.145 e. The number of ketones is 1. The number of aryl methyl sites for hydroxylation is 1. The van der Waals surface area contributed by atoms with Gasteiger partial charge < -0.3 is 5.11 Å². The van der Waals surface area contributed by atoms with Crippen LogP contribution in [-0.2, 0) is 18.3 Å². The summed E-state index contributed by atoms with van der Waals surface area (Å²) in [4.78, 5) is 21.9. The van der Waals surface area contributed by atoms with Crippen molar-refractivity contribution in [3.05, 3.63) is 42.5 Å². The second kappa shape index (κ2) is 5.20. The van der Waals surface area contributed by atoms with E-state index in [4.69, 9.17) is 4.98 Å². The Labute approximate surface area is 150 Å². The summed E-state index contributed by atoms with van der Waals surface area (Å²) in [5.74, 6) is 0.253. The second-order valence-corrected chi connectivity index (χ2v) is 8.04. The van der Waals surface area contributed by atoms with E-state index in [2.05, 4.69) is 10.1 Å². The number of Topliss-reactive ketones (excluding diaryl/α,β-unsaturated/α-hetero) is 1. The molecule has 1 N–H and O–H groups in total. The van der Waals surface area contributed by atoms with Crippen molar-refractivity contribution in [3.63, 3.8) is 0 Å². The van der Waals surface area contributed by atoms with Crippen LogP contribution in [0, 0.1) is 10.8 Å². The fraction of sp³-hybridized carbons (Fsp3) is 0.400. The Bertz CT molecular complexity index is 1020. The molecule has 2 bridgehead atoms. The van der Waals surface area contributed by atoms with Crippen LogP contribution >= 0.6 is 0 Å². The molecule has 3 aromatic heterocycles. The van der Waals surface area contributed by atoms with Gasteiger partial charge in [-0.3, -0.25) is 14.5 Å². The fourth-order valence-electron chi connectivity index (χ4n) is 4.68. The van der Waals surface area contributed by atoms with E-state index in [-0.39, 0.29) is 23.2 Å². The predicted octanol–water partition coefficient (Wildman–Crippen LogP) is 2.30. The molecule has 0 unspecified atom stereocenters. The standard InChI is InChI=1S/C20H20N4O2/c1-24-8-14(7-22-24)16-3-2-13-6-21-15(4-17(13)23-16)5-18(26)20-9-19(10-20,11-20)12-25/h2-4,6-8,25H,5,9-12H2,1H3. The molecule has 26 heavy (non-hydrogen) atoms. The Kier molecular flexibility index (Phi) is 3.13. The molecule has 0 spiro atoms. The van der Waals surface area contributed by atoms with E-state index < -0.39 is 0 Å². The summed E-state index contributed by atoms with van der Waals surface area (Å²) < 4.78 is 1.75. The molecule has 6 heteroatoms. The lowest BCUT2D eigenvalue weighted by atomic mass is 9.34. The van der Waals surface area contributed by atoms with E-state index >= 15 is 0 Å². The van der Waals surface area contributed by atoms with Crippen molar-refractivity contribution in [2.75, 3.05) is 6.61 Å². The van der Waals surface area contributed by atoms with Crippen molar-refractivity contribution in [3.8, 4) is 11.3 Å². The van der Waals surface area contributed by atoms with E-state index in [1.165, 1.54) is 0 Å². The zero-order valence-corrected chi connectivity index (χ0v) is 14.6. The minimum Gasteiger partial charge on any atom is -0.396 e. The topological polar surface area (TPSA) is 80.9 Å². The largest absolute Gasteiger partial charge is 0.396 e. The van der Waals surface area contributed by atoms with Crippen molar-refractivity contribution in [2.24, 2.45) is 17.9 Å². The number of nitrogens with zero attached hydrogens (tertiary/aromatic N) is 4. The highest BCUT2D eigenvalue weighted by molar-refractivity contribution is 5.90. The maximum absolute atomic E-state index is 12.7. The molecule has 0 aliphatic heterocycles. The molecule has 3 heterocycles. The van der Waals surface area contributed by atoms with Crippen molar-refractivity contribution in [1.29, 1.82) is 0 Å². The quantitative estimate of drug-likeness (QED) is 0.765. The molecule has 3 fully saturated rings. The van der Waals surface area contributed by atoms with Crippen LogP contribution in [-0.4, -0.2) is 37.2 Å². The van der Waals surface area contributed by atoms with Crippen molar-refractivity contribution in [2.45, 2.75) is 25.7 Å². The molecule has 0 saturated heterocycles. The monoisotopic (exact) mass is 348 g/mol. The van der Waals surface area contributed by atoms with Gasteiger partial charge in [-0.15, -0.1) is 0 Å². The first-order chi connectivity index (χ1) is 12.5. The molecule has 3 aromatic rings. The first kappa shape index (κ1) is 15.6. The third-order valence-electron chi connectivity index (χ3n) is 6.04. The number of carbonyl (C=O) groups excluding carboxylic acids is 1. The van der Waals surface area contributed by atoms with Gasteiger partial charge >= 0.3 is 0 Å². The van der Waals surface area contributed by atoms with Crippen LogP contribution in [0.3, 0.4) is 0 Å². The van der Waals surface area contributed by atoms with Gasteiger partial charge in [0.05, 0.1) is 17.4 Å². The van der Waals surface area contributed by atoms with Crippen LogP contribution in [0.4, 0.5) is 0 Å². The molecule has 0 amide bonds. The van der Waals surface area contributed by atoms with Gasteiger partial charge in [-0.1, -0.05) is 0 Å². The van der Waals surface area contributed by atoms with Crippen LogP contribution in [0.25, 0.3) is 22.2 Å². The SMILES string of the molecule is Cn1cc(-c2ccc3cnc(CC(=O)C45CC(CO)(C4)C5)cc3n2)cn1. The van der Waals surface area contributed by atoms with E-state index in [1.807, 2.05) is 31.4 Å². The minimum absolute atomic E-state index is 0.0483. The van der Waals surface area contributed by atoms with E-state index in [0.717, 1.165) is 47.1 Å². The van der Waals surface area contributed by atoms with Crippen LogP contribution in [0.1, 0.15) is 25.0 Å².